The largest absolute Gasteiger partial charge is 0.481 e. The van der Waals surface area contributed by atoms with Crippen LogP contribution in [-0.4, -0.2) is 46.0 Å². The number of hydrogen-bond acceptors (Lipinski definition) is 6. The average molecular weight is 533 g/mol. The first kappa shape index (κ1) is 27.3. The van der Waals surface area contributed by atoms with Crippen LogP contribution in [0.5, 0.6) is 0 Å². The summed E-state index contributed by atoms with van der Waals surface area (Å²) in [5.41, 5.74) is 3.40. The number of amides is 1. The third-order valence-corrected chi connectivity index (χ3v) is 6.33. The number of nitrogens with one attached hydrogen (secondary N) is 2. The Morgan fingerprint density at radius 3 is 2.31 bits per heavy atom. The molecule has 202 valence electrons. The highest BCUT2D eigenvalue weighted by Gasteiger charge is 2.23. The summed E-state index contributed by atoms with van der Waals surface area (Å²) in [6, 6.07) is 15.5. The van der Waals surface area contributed by atoms with Gasteiger partial charge in [0.25, 0.3) is 5.91 Å². The molecule has 0 radical (unpaired) electrons. The molecular weight excluding hydrogens is 503 g/mol. The average Bonchev–Trinajstić information content (AvgIpc) is 3.30. The highest BCUT2D eigenvalue weighted by Crippen LogP contribution is 2.31. The van der Waals surface area contributed by atoms with E-state index in [1.54, 1.807) is 22.7 Å². The zero-order valence-corrected chi connectivity index (χ0v) is 21.8. The van der Waals surface area contributed by atoms with Crippen LogP contribution >= 0.6 is 0 Å². The second-order valence-corrected chi connectivity index (χ2v) is 9.31. The van der Waals surface area contributed by atoms with Crippen molar-refractivity contribution in [2.45, 2.75) is 32.2 Å². The van der Waals surface area contributed by atoms with Crippen molar-refractivity contribution in [2.24, 2.45) is 0 Å². The lowest BCUT2D eigenvalue weighted by atomic mass is 10.0. The topological polar surface area (TPSA) is 122 Å². The first-order valence-corrected chi connectivity index (χ1v) is 12.4. The number of aliphatic carboxylic acids is 1. The molecule has 0 fully saturated rings. The van der Waals surface area contributed by atoms with E-state index in [2.05, 4.69) is 24.5 Å². The molecule has 39 heavy (non-hydrogen) atoms. The molecule has 1 atom stereocenters. The lowest BCUT2D eigenvalue weighted by Crippen LogP contribution is -2.30. The Balaban J connectivity index is 1.76. The van der Waals surface area contributed by atoms with Crippen molar-refractivity contribution in [1.29, 1.82) is 0 Å². The van der Waals surface area contributed by atoms with Crippen LogP contribution in [0.2, 0.25) is 0 Å². The molecule has 2 aromatic carbocycles. The predicted octanol–water partition coefficient (Wildman–Crippen LogP) is 4.79. The van der Waals surface area contributed by atoms with E-state index in [0.717, 1.165) is 11.1 Å². The molecule has 1 unspecified atom stereocenters. The molecule has 10 heteroatoms. The summed E-state index contributed by atoms with van der Waals surface area (Å²) >= 11 is 0. The maximum atomic E-state index is 13.5. The summed E-state index contributed by atoms with van der Waals surface area (Å²) in [5, 5.41) is 15.2. The van der Waals surface area contributed by atoms with Crippen LogP contribution in [0.4, 0.5) is 10.2 Å². The minimum absolute atomic E-state index is 0.122. The van der Waals surface area contributed by atoms with Crippen LogP contribution in [0.3, 0.4) is 0 Å². The number of fused-ring (bicyclic) bond motifs is 1. The van der Waals surface area contributed by atoms with Crippen molar-refractivity contribution >= 4 is 29.3 Å². The Labute approximate surface area is 224 Å². The molecule has 0 aliphatic carbocycles. The monoisotopic (exact) mass is 532 g/mol. The van der Waals surface area contributed by atoms with E-state index in [4.69, 9.17) is 9.72 Å². The predicted molar refractivity (Wildman–Crippen MR) is 144 cm³/mol. The molecule has 3 N–H and O–H groups in total. The zero-order chi connectivity index (χ0) is 28.1. The Hall–Kier alpha value is -4.73. The number of carboxylic acids is 1. The van der Waals surface area contributed by atoms with Crippen LogP contribution in [0.1, 0.15) is 53.7 Å². The van der Waals surface area contributed by atoms with E-state index in [1.807, 2.05) is 24.3 Å². The number of anilines is 1. The van der Waals surface area contributed by atoms with Gasteiger partial charge in [-0.25, -0.2) is 9.37 Å². The number of carbonyl (C=O) groups excluding carboxylic acids is 2. The minimum Gasteiger partial charge on any atom is -0.481 e. The highest BCUT2D eigenvalue weighted by molar-refractivity contribution is 6.01. The highest BCUT2D eigenvalue weighted by atomic mass is 19.1. The fourth-order valence-corrected chi connectivity index (χ4v) is 4.23. The van der Waals surface area contributed by atoms with Crippen LogP contribution in [0, 0.1) is 5.82 Å². The maximum Gasteiger partial charge on any atom is 0.325 e. The van der Waals surface area contributed by atoms with Crippen LogP contribution in [-0.2, 0) is 14.3 Å². The summed E-state index contributed by atoms with van der Waals surface area (Å²) < 4.78 is 19.9. The molecule has 4 rings (SSSR count). The summed E-state index contributed by atoms with van der Waals surface area (Å²) in [4.78, 5) is 41.6. The number of aromatic nitrogens is 2. The molecule has 0 saturated heterocycles. The van der Waals surface area contributed by atoms with Crippen molar-refractivity contribution in [2.75, 3.05) is 19.0 Å². The summed E-state index contributed by atoms with van der Waals surface area (Å²) in [6.45, 7) is 4.07. The number of benzene rings is 2. The number of carbonyl (C=O) groups is 3. The van der Waals surface area contributed by atoms with Crippen molar-refractivity contribution in [3.8, 4) is 11.3 Å². The van der Waals surface area contributed by atoms with E-state index in [0.29, 0.717) is 28.6 Å². The van der Waals surface area contributed by atoms with Gasteiger partial charge in [-0.2, -0.15) is 0 Å². The summed E-state index contributed by atoms with van der Waals surface area (Å²) in [7, 11) is 1.29. The third-order valence-electron chi connectivity index (χ3n) is 6.33. The maximum absolute atomic E-state index is 13.5. The number of hydrogen-bond donors (Lipinski definition) is 3. The number of carboxylic acid groups (broad SMARTS) is 1. The fraction of sp³-hybridized carbons (Fsp3) is 0.241. The van der Waals surface area contributed by atoms with Gasteiger partial charge in [0.05, 0.1) is 25.1 Å². The normalized spacial score (nSPS) is 11.8. The van der Waals surface area contributed by atoms with Crippen molar-refractivity contribution in [1.82, 2.24) is 14.7 Å². The number of imidazole rings is 1. The van der Waals surface area contributed by atoms with Crippen molar-refractivity contribution < 1.29 is 28.6 Å². The first-order chi connectivity index (χ1) is 18.7. The molecule has 2 aromatic heterocycles. The standard InChI is InChI=1S/C29H29FN4O5/c1-17(2)18-6-8-20(9-7-18)26-28(31-16-25(37)39-3)34-14-4-5-22(27(34)33-26)29(38)32-23(15-24(35)36)19-10-12-21(30)13-11-19/h4-14,17,23,31H,15-16H2,1-3H3,(H,32,38)(H,35,36). The second-order valence-electron chi connectivity index (χ2n) is 9.31. The van der Waals surface area contributed by atoms with E-state index in [9.17, 15) is 23.9 Å². The van der Waals surface area contributed by atoms with Gasteiger partial charge in [0.1, 0.15) is 23.9 Å². The zero-order valence-electron chi connectivity index (χ0n) is 21.8. The van der Waals surface area contributed by atoms with E-state index >= 15 is 0 Å². The molecule has 0 saturated carbocycles. The Morgan fingerprint density at radius 2 is 1.69 bits per heavy atom. The number of rotatable bonds is 10. The molecule has 0 bridgehead atoms. The van der Waals surface area contributed by atoms with Gasteiger partial charge in [-0.05, 0) is 41.3 Å². The number of pyridine rings is 1. The molecule has 9 nitrogen and oxygen atoms in total. The molecule has 0 aliphatic rings. The summed E-state index contributed by atoms with van der Waals surface area (Å²) in [6.07, 6.45) is 1.31. The molecular formula is C29H29FN4O5. The van der Waals surface area contributed by atoms with Gasteiger partial charge >= 0.3 is 11.9 Å². The van der Waals surface area contributed by atoms with Gasteiger partial charge in [-0.1, -0.05) is 50.2 Å². The first-order valence-electron chi connectivity index (χ1n) is 12.4. The van der Waals surface area contributed by atoms with Crippen LogP contribution in [0.25, 0.3) is 16.9 Å². The SMILES string of the molecule is COC(=O)CNc1c(-c2ccc(C(C)C)cc2)nc2c(C(=O)NC(CC(=O)O)c3ccc(F)cc3)cccn12. The smallest absolute Gasteiger partial charge is 0.325 e. The molecule has 1 amide bonds. The molecule has 0 spiro atoms. The fourth-order valence-electron chi connectivity index (χ4n) is 4.23. The number of esters is 1. The molecule has 2 heterocycles. The van der Waals surface area contributed by atoms with Crippen molar-refractivity contribution in [3.63, 3.8) is 0 Å². The quantitative estimate of drug-likeness (QED) is 0.251. The minimum atomic E-state index is -1.12. The van der Waals surface area contributed by atoms with Gasteiger partial charge < -0.3 is 20.5 Å². The Kier molecular flexibility index (Phi) is 8.24. The van der Waals surface area contributed by atoms with Gasteiger partial charge in [-0.15, -0.1) is 0 Å². The van der Waals surface area contributed by atoms with Gasteiger partial charge in [0.15, 0.2) is 5.65 Å². The number of halogens is 1. The van der Waals surface area contributed by atoms with Gasteiger partial charge in [0, 0.05) is 11.8 Å². The van der Waals surface area contributed by atoms with E-state index < -0.39 is 36.1 Å². The number of methoxy groups -OCH3 is 1. The van der Waals surface area contributed by atoms with E-state index in [1.165, 1.54) is 31.4 Å². The Morgan fingerprint density at radius 1 is 1.03 bits per heavy atom. The number of nitrogens with zero attached hydrogens (tertiary/aromatic N) is 2. The lowest BCUT2D eigenvalue weighted by molar-refractivity contribution is -0.139. The summed E-state index contributed by atoms with van der Waals surface area (Å²) in [5.74, 6) is -1.79. The van der Waals surface area contributed by atoms with E-state index in [-0.39, 0.29) is 12.1 Å². The second kappa shape index (κ2) is 11.8. The van der Waals surface area contributed by atoms with Gasteiger partial charge in [-0.3, -0.25) is 18.8 Å². The number of ether oxygens (including phenoxy) is 1. The van der Waals surface area contributed by atoms with Crippen LogP contribution < -0.4 is 10.6 Å². The van der Waals surface area contributed by atoms with Crippen LogP contribution in [0.15, 0.2) is 66.9 Å². The lowest BCUT2D eigenvalue weighted by Gasteiger charge is -2.18. The van der Waals surface area contributed by atoms with Gasteiger partial charge in [0.2, 0.25) is 0 Å². The molecule has 4 aromatic rings. The third kappa shape index (κ3) is 6.23. The van der Waals surface area contributed by atoms with Crippen molar-refractivity contribution in [3.05, 3.63) is 89.4 Å². The molecule has 0 aliphatic heterocycles. The Bertz CT molecular complexity index is 1500.